The van der Waals surface area contributed by atoms with Crippen LogP contribution < -0.4 is 16.6 Å². The maximum Gasteiger partial charge on any atom is 0.270 e. The van der Waals surface area contributed by atoms with Gasteiger partial charge in [0.1, 0.15) is 11.5 Å². The molecule has 0 radical (unpaired) electrons. The fourth-order valence-corrected chi connectivity index (χ4v) is 2.78. The number of nitrogen functional groups attached to an aromatic ring is 1. The molecule has 0 bridgehead atoms. The molecule has 1 aliphatic rings. The predicted molar refractivity (Wildman–Crippen MR) is 81.6 cm³/mol. The van der Waals surface area contributed by atoms with Crippen molar-refractivity contribution in [1.29, 1.82) is 0 Å². The third-order valence-electron chi connectivity index (χ3n) is 3.80. The van der Waals surface area contributed by atoms with Crippen molar-refractivity contribution in [2.24, 2.45) is 5.84 Å². The maximum atomic E-state index is 12.3. The minimum Gasteiger partial charge on any atom is -0.344 e. The molecule has 0 spiro atoms. The number of carbonyl (C=O) groups excluding carboxylic acids is 1. The molecular formula is C16H18N4O. The molecule has 3 rings (SSSR count). The Bertz CT molecular complexity index is 656. The van der Waals surface area contributed by atoms with Crippen LogP contribution in [0.2, 0.25) is 0 Å². The van der Waals surface area contributed by atoms with E-state index < -0.39 is 0 Å². The van der Waals surface area contributed by atoms with Gasteiger partial charge in [-0.1, -0.05) is 30.3 Å². The number of carbonyl (C=O) groups is 1. The molecule has 108 valence electrons. The summed E-state index contributed by atoms with van der Waals surface area (Å²) in [4.78, 5) is 16.5. The molecule has 0 aliphatic heterocycles. The van der Waals surface area contributed by atoms with Crippen molar-refractivity contribution in [1.82, 2.24) is 10.3 Å². The van der Waals surface area contributed by atoms with Crippen molar-refractivity contribution in [3.05, 3.63) is 59.3 Å². The van der Waals surface area contributed by atoms with Gasteiger partial charge >= 0.3 is 0 Å². The van der Waals surface area contributed by atoms with Gasteiger partial charge < -0.3 is 10.7 Å². The van der Waals surface area contributed by atoms with E-state index in [1.165, 1.54) is 11.1 Å². The number of fused-ring (bicyclic) bond motifs is 1. The second-order valence-electron chi connectivity index (χ2n) is 5.17. The van der Waals surface area contributed by atoms with E-state index in [9.17, 15) is 4.79 Å². The largest absolute Gasteiger partial charge is 0.344 e. The number of nitrogens with zero attached hydrogens (tertiary/aromatic N) is 1. The van der Waals surface area contributed by atoms with Gasteiger partial charge in [0.25, 0.3) is 5.91 Å². The SMILES string of the molecule is NNc1cccc(C(=O)NC2CCCc3ccccc32)n1. The van der Waals surface area contributed by atoms with Crippen molar-refractivity contribution >= 4 is 11.7 Å². The first kappa shape index (κ1) is 13.6. The monoisotopic (exact) mass is 282 g/mol. The highest BCUT2D eigenvalue weighted by atomic mass is 16.1. The lowest BCUT2D eigenvalue weighted by Gasteiger charge is -2.26. The number of nitrogens with two attached hydrogens (primary N) is 1. The highest BCUT2D eigenvalue weighted by molar-refractivity contribution is 5.92. The standard InChI is InChI=1S/C16H18N4O/c17-20-15-10-4-9-14(18-15)16(21)19-13-8-3-6-11-5-1-2-7-12(11)13/h1-2,4-5,7,9-10,13H,3,6,8,17H2,(H,18,20)(H,19,21). The number of anilines is 1. The van der Waals surface area contributed by atoms with Crippen LogP contribution in [0.1, 0.15) is 40.5 Å². The molecule has 1 aromatic carbocycles. The normalized spacial score (nSPS) is 16.9. The molecule has 1 aliphatic carbocycles. The smallest absolute Gasteiger partial charge is 0.270 e. The van der Waals surface area contributed by atoms with E-state index in [2.05, 4.69) is 27.9 Å². The van der Waals surface area contributed by atoms with Gasteiger partial charge in [-0.3, -0.25) is 4.79 Å². The van der Waals surface area contributed by atoms with Crippen LogP contribution in [0.3, 0.4) is 0 Å². The molecule has 1 aromatic heterocycles. The van der Waals surface area contributed by atoms with Crippen LogP contribution in [0, 0.1) is 0 Å². The minimum absolute atomic E-state index is 0.0544. The fourth-order valence-electron chi connectivity index (χ4n) is 2.78. The Balaban J connectivity index is 1.79. The molecule has 5 nitrogen and oxygen atoms in total. The number of hydrazine groups is 1. The van der Waals surface area contributed by atoms with E-state index in [0.29, 0.717) is 11.5 Å². The number of nitrogens with one attached hydrogen (secondary N) is 2. The van der Waals surface area contributed by atoms with Crippen LogP contribution in [0.15, 0.2) is 42.5 Å². The van der Waals surface area contributed by atoms with Crippen molar-refractivity contribution in [3.63, 3.8) is 0 Å². The van der Waals surface area contributed by atoms with E-state index in [4.69, 9.17) is 5.84 Å². The average molecular weight is 282 g/mol. The average Bonchev–Trinajstić information content (AvgIpc) is 2.55. The first-order valence-corrected chi connectivity index (χ1v) is 7.10. The zero-order valence-corrected chi connectivity index (χ0v) is 11.7. The van der Waals surface area contributed by atoms with Crippen molar-refractivity contribution in [2.45, 2.75) is 25.3 Å². The van der Waals surface area contributed by atoms with Crippen molar-refractivity contribution in [3.8, 4) is 0 Å². The summed E-state index contributed by atoms with van der Waals surface area (Å²) in [5.41, 5.74) is 5.35. The molecule has 0 saturated carbocycles. The molecule has 1 unspecified atom stereocenters. The fraction of sp³-hybridized carbons (Fsp3) is 0.250. The third-order valence-corrected chi connectivity index (χ3v) is 3.80. The summed E-state index contributed by atoms with van der Waals surface area (Å²) >= 11 is 0. The maximum absolute atomic E-state index is 12.3. The van der Waals surface area contributed by atoms with Crippen LogP contribution in [0.4, 0.5) is 5.82 Å². The number of benzene rings is 1. The summed E-state index contributed by atoms with van der Waals surface area (Å²) in [6, 6.07) is 13.5. The van der Waals surface area contributed by atoms with E-state index in [1.54, 1.807) is 18.2 Å². The Labute approximate surface area is 123 Å². The van der Waals surface area contributed by atoms with Gasteiger partial charge in [-0.15, -0.1) is 0 Å². The molecule has 0 fully saturated rings. The topological polar surface area (TPSA) is 80.0 Å². The van der Waals surface area contributed by atoms with Crippen molar-refractivity contribution in [2.75, 3.05) is 5.43 Å². The lowest BCUT2D eigenvalue weighted by atomic mass is 9.87. The molecule has 2 aromatic rings. The van der Waals surface area contributed by atoms with Crippen LogP contribution in [-0.2, 0) is 6.42 Å². The second-order valence-corrected chi connectivity index (χ2v) is 5.17. The lowest BCUT2D eigenvalue weighted by Crippen LogP contribution is -2.31. The van der Waals surface area contributed by atoms with Gasteiger partial charge in [0.05, 0.1) is 6.04 Å². The lowest BCUT2D eigenvalue weighted by molar-refractivity contribution is 0.0928. The molecule has 4 N–H and O–H groups in total. The van der Waals surface area contributed by atoms with Crippen LogP contribution in [0.5, 0.6) is 0 Å². The van der Waals surface area contributed by atoms with E-state index in [-0.39, 0.29) is 11.9 Å². The number of aryl methyl sites for hydroxylation is 1. The Kier molecular flexibility index (Phi) is 3.83. The number of hydrogen-bond acceptors (Lipinski definition) is 4. The van der Waals surface area contributed by atoms with Crippen LogP contribution in [-0.4, -0.2) is 10.9 Å². The molecule has 1 heterocycles. The molecule has 1 atom stereocenters. The molecule has 21 heavy (non-hydrogen) atoms. The van der Waals surface area contributed by atoms with Gasteiger partial charge in [-0.2, -0.15) is 0 Å². The molecule has 5 heteroatoms. The van der Waals surface area contributed by atoms with Crippen molar-refractivity contribution < 1.29 is 4.79 Å². The van der Waals surface area contributed by atoms with Gasteiger partial charge in [-0.25, -0.2) is 10.8 Å². The summed E-state index contributed by atoms with van der Waals surface area (Å²) in [6.45, 7) is 0. The number of hydrogen-bond donors (Lipinski definition) is 3. The number of pyridine rings is 1. The Hall–Kier alpha value is -2.40. The molecule has 0 saturated heterocycles. The summed E-state index contributed by atoms with van der Waals surface area (Å²) in [5.74, 6) is 5.63. The molecule has 1 amide bonds. The van der Waals surface area contributed by atoms with Gasteiger partial charge in [0, 0.05) is 0 Å². The van der Waals surface area contributed by atoms with E-state index in [1.807, 2.05) is 12.1 Å². The highest BCUT2D eigenvalue weighted by Crippen LogP contribution is 2.29. The highest BCUT2D eigenvalue weighted by Gasteiger charge is 2.22. The Morgan fingerprint density at radius 3 is 2.90 bits per heavy atom. The van der Waals surface area contributed by atoms with E-state index >= 15 is 0 Å². The first-order valence-electron chi connectivity index (χ1n) is 7.10. The summed E-state index contributed by atoms with van der Waals surface area (Å²) in [7, 11) is 0. The number of amides is 1. The summed E-state index contributed by atoms with van der Waals surface area (Å²) < 4.78 is 0. The molecular weight excluding hydrogens is 264 g/mol. The first-order chi connectivity index (χ1) is 10.3. The quantitative estimate of drug-likeness (QED) is 0.595. The van der Waals surface area contributed by atoms with Crippen LogP contribution in [0.25, 0.3) is 0 Å². The van der Waals surface area contributed by atoms with E-state index in [0.717, 1.165) is 19.3 Å². The summed E-state index contributed by atoms with van der Waals surface area (Å²) in [6.07, 6.45) is 3.12. The number of aromatic nitrogens is 1. The minimum atomic E-state index is -0.172. The zero-order chi connectivity index (χ0) is 14.7. The third kappa shape index (κ3) is 2.87. The Morgan fingerprint density at radius 2 is 2.05 bits per heavy atom. The van der Waals surface area contributed by atoms with Gasteiger partial charge in [0.15, 0.2) is 0 Å². The van der Waals surface area contributed by atoms with Gasteiger partial charge in [-0.05, 0) is 42.5 Å². The van der Waals surface area contributed by atoms with Crippen LogP contribution >= 0.6 is 0 Å². The second kappa shape index (κ2) is 5.93. The Morgan fingerprint density at radius 1 is 1.19 bits per heavy atom. The number of rotatable bonds is 3. The van der Waals surface area contributed by atoms with Gasteiger partial charge in [0.2, 0.25) is 0 Å². The predicted octanol–water partition coefficient (Wildman–Crippen LogP) is 2.17. The summed E-state index contributed by atoms with van der Waals surface area (Å²) in [5, 5.41) is 3.07. The zero-order valence-electron chi connectivity index (χ0n) is 11.7.